The van der Waals surface area contributed by atoms with Crippen molar-refractivity contribution >= 4 is 17.7 Å². The Hall–Kier alpha value is -2.73. The molecule has 0 aliphatic carbocycles. The molecule has 2 heterocycles. The zero-order valence-electron chi connectivity index (χ0n) is 13.8. The molecule has 0 saturated heterocycles. The van der Waals surface area contributed by atoms with Crippen molar-refractivity contribution in [3.05, 3.63) is 72.2 Å². The molecule has 0 saturated carbocycles. The third-order valence-corrected chi connectivity index (χ3v) is 4.36. The number of rotatable bonds is 6. The molecule has 25 heavy (non-hydrogen) atoms. The fourth-order valence-corrected chi connectivity index (χ4v) is 2.91. The summed E-state index contributed by atoms with van der Waals surface area (Å²) < 4.78 is 0. The van der Waals surface area contributed by atoms with E-state index in [0.29, 0.717) is 24.4 Å². The largest absolute Gasteiger partial charge is 0.352 e. The van der Waals surface area contributed by atoms with E-state index in [1.165, 1.54) is 11.8 Å². The van der Waals surface area contributed by atoms with E-state index in [0.717, 1.165) is 16.2 Å². The van der Waals surface area contributed by atoms with E-state index >= 15 is 0 Å². The summed E-state index contributed by atoms with van der Waals surface area (Å²) in [5, 5.41) is 3.65. The second kappa shape index (κ2) is 8.39. The molecule has 0 bridgehead atoms. The van der Waals surface area contributed by atoms with Crippen molar-refractivity contribution in [1.82, 2.24) is 20.3 Å². The molecule has 1 N–H and O–H groups in total. The summed E-state index contributed by atoms with van der Waals surface area (Å²) in [6.07, 6.45) is 7.88. The first-order valence-electron chi connectivity index (χ1n) is 7.91. The maximum atomic E-state index is 12.3. The van der Waals surface area contributed by atoms with Gasteiger partial charge in [0.1, 0.15) is 5.03 Å². The van der Waals surface area contributed by atoms with Crippen LogP contribution in [0.5, 0.6) is 0 Å². The number of benzene rings is 1. The fraction of sp³-hybridized carbons (Fsp3) is 0.158. The van der Waals surface area contributed by atoms with Crippen molar-refractivity contribution in [1.29, 1.82) is 0 Å². The van der Waals surface area contributed by atoms with Crippen molar-refractivity contribution in [3.8, 4) is 11.4 Å². The molecule has 1 amide bonds. The third kappa shape index (κ3) is 4.42. The summed E-state index contributed by atoms with van der Waals surface area (Å²) in [7, 11) is 0. The Bertz CT molecular complexity index is 838. The highest BCUT2D eigenvalue weighted by atomic mass is 32.2. The summed E-state index contributed by atoms with van der Waals surface area (Å²) in [6, 6.07) is 13.4. The molecule has 126 valence electrons. The first-order chi connectivity index (χ1) is 12.3. The third-order valence-electron chi connectivity index (χ3n) is 3.65. The molecule has 0 atom stereocenters. The summed E-state index contributed by atoms with van der Waals surface area (Å²) in [5.74, 6) is 0.590. The topological polar surface area (TPSA) is 67.8 Å². The number of hydrogen-bond donors (Lipinski definition) is 1. The van der Waals surface area contributed by atoms with Crippen LogP contribution >= 0.6 is 11.8 Å². The highest BCUT2D eigenvalue weighted by Crippen LogP contribution is 2.16. The van der Waals surface area contributed by atoms with Crippen molar-refractivity contribution in [3.63, 3.8) is 0 Å². The molecule has 2 aromatic heterocycles. The molecule has 3 aromatic rings. The van der Waals surface area contributed by atoms with Crippen LogP contribution < -0.4 is 5.32 Å². The minimum Gasteiger partial charge on any atom is -0.352 e. The predicted octanol–water partition coefficient (Wildman–Crippen LogP) is 3.23. The van der Waals surface area contributed by atoms with Crippen LogP contribution in [0.15, 0.2) is 66.1 Å². The van der Waals surface area contributed by atoms with Crippen LogP contribution in [-0.4, -0.2) is 33.7 Å². The van der Waals surface area contributed by atoms with Crippen LogP contribution in [0.4, 0.5) is 0 Å². The van der Waals surface area contributed by atoms with Crippen molar-refractivity contribution in [2.45, 2.75) is 11.4 Å². The summed E-state index contributed by atoms with van der Waals surface area (Å²) in [4.78, 5) is 25.3. The van der Waals surface area contributed by atoms with Gasteiger partial charge in [0, 0.05) is 30.7 Å². The van der Waals surface area contributed by atoms with Crippen LogP contribution in [0, 0.1) is 0 Å². The van der Waals surface area contributed by atoms with E-state index in [2.05, 4.69) is 20.3 Å². The van der Waals surface area contributed by atoms with Crippen LogP contribution in [0.1, 0.15) is 15.9 Å². The second-order valence-corrected chi connectivity index (χ2v) is 6.14. The van der Waals surface area contributed by atoms with Crippen LogP contribution in [0.25, 0.3) is 11.4 Å². The van der Waals surface area contributed by atoms with Gasteiger partial charge < -0.3 is 5.32 Å². The zero-order chi connectivity index (χ0) is 17.5. The second-order valence-electron chi connectivity index (χ2n) is 5.35. The van der Waals surface area contributed by atoms with Gasteiger partial charge in [-0.1, -0.05) is 30.3 Å². The lowest BCUT2D eigenvalue weighted by Crippen LogP contribution is -2.26. The quantitative estimate of drug-likeness (QED) is 0.691. The normalized spacial score (nSPS) is 10.4. The van der Waals surface area contributed by atoms with Crippen molar-refractivity contribution in [2.24, 2.45) is 0 Å². The molecule has 0 fully saturated rings. The molecule has 0 aliphatic rings. The molecule has 6 heteroatoms. The van der Waals surface area contributed by atoms with Gasteiger partial charge in [0.25, 0.3) is 5.91 Å². The predicted molar refractivity (Wildman–Crippen MR) is 99.5 cm³/mol. The van der Waals surface area contributed by atoms with Gasteiger partial charge in [-0.25, -0.2) is 15.0 Å². The van der Waals surface area contributed by atoms with E-state index in [1.54, 1.807) is 30.7 Å². The number of amides is 1. The first kappa shape index (κ1) is 17.1. The minimum absolute atomic E-state index is 0.112. The Labute approximate surface area is 150 Å². The van der Waals surface area contributed by atoms with Gasteiger partial charge in [-0.05, 0) is 30.4 Å². The lowest BCUT2D eigenvalue weighted by molar-refractivity contribution is 0.0950. The number of nitrogens with one attached hydrogen (secondary N) is 1. The number of hydrogen-bond acceptors (Lipinski definition) is 5. The SMILES string of the molecule is CSc1ncccc1C(=O)NCCc1cnc(-c2ccccc2)nc1. The molecule has 0 unspecified atom stereocenters. The van der Waals surface area contributed by atoms with E-state index in [9.17, 15) is 4.79 Å². The van der Waals surface area contributed by atoms with Gasteiger partial charge in [0.2, 0.25) is 0 Å². The molecular formula is C19H18N4OS. The van der Waals surface area contributed by atoms with E-state index < -0.39 is 0 Å². The van der Waals surface area contributed by atoms with Crippen LogP contribution in [0.3, 0.4) is 0 Å². The van der Waals surface area contributed by atoms with E-state index in [4.69, 9.17) is 0 Å². The monoisotopic (exact) mass is 350 g/mol. The Balaban J connectivity index is 1.56. The molecule has 0 spiro atoms. The Morgan fingerprint density at radius 1 is 1.04 bits per heavy atom. The summed E-state index contributed by atoms with van der Waals surface area (Å²) in [6.45, 7) is 0.523. The Kier molecular flexibility index (Phi) is 5.74. The number of carbonyl (C=O) groups is 1. The minimum atomic E-state index is -0.112. The lowest BCUT2D eigenvalue weighted by atomic mass is 10.2. The summed E-state index contributed by atoms with van der Waals surface area (Å²) >= 11 is 1.46. The van der Waals surface area contributed by atoms with Crippen LogP contribution in [-0.2, 0) is 6.42 Å². The smallest absolute Gasteiger partial charge is 0.254 e. The maximum absolute atomic E-state index is 12.3. The summed E-state index contributed by atoms with van der Waals surface area (Å²) in [5.41, 5.74) is 2.57. The average Bonchev–Trinajstić information content (AvgIpc) is 2.69. The number of nitrogens with zero attached hydrogens (tertiary/aromatic N) is 3. The first-order valence-corrected chi connectivity index (χ1v) is 9.14. The fourth-order valence-electron chi connectivity index (χ4n) is 2.36. The average molecular weight is 350 g/mol. The van der Waals surface area contributed by atoms with Gasteiger partial charge in [0.05, 0.1) is 5.56 Å². The highest BCUT2D eigenvalue weighted by Gasteiger charge is 2.10. The number of pyridine rings is 1. The molecule has 3 rings (SSSR count). The van der Waals surface area contributed by atoms with Gasteiger partial charge in [-0.3, -0.25) is 4.79 Å². The Morgan fingerprint density at radius 2 is 1.80 bits per heavy atom. The highest BCUT2D eigenvalue weighted by molar-refractivity contribution is 7.98. The Morgan fingerprint density at radius 3 is 2.52 bits per heavy atom. The number of carbonyl (C=O) groups excluding carboxylic acids is 1. The standard InChI is InChI=1S/C19H18N4OS/c1-25-19-16(8-5-10-21-19)18(24)20-11-9-14-12-22-17(23-13-14)15-6-3-2-4-7-15/h2-8,10,12-13H,9,11H2,1H3,(H,20,24). The van der Waals surface area contributed by atoms with E-state index in [1.807, 2.05) is 36.6 Å². The molecular weight excluding hydrogens is 332 g/mol. The molecule has 5 nitrogen and oxygen atoms in total. The lowest BCUT2D eigenvalue weighted by Gasteiger charge is -2.08. The van der Waals surface area contributed by atoms with E-state index in [-0.39, 0.29) is 5.91 Å². The van der Waals surface area contributed by atoms with Crippen LogP contribution in [0.2, 0.25) is 0 Å². The van der Waals surface area contributed by atoms with Gasteiger partial charge in [0.15, 0.2) is 5.82 Å². The molecule has 1 aromatic carbocycles. The van der Waals surface area contributed by atoms with Gasteiger partial charge >= 0.3 is 0 Å². The van der Waals surface area contributed by atoms with Crippen molar-refractivity contribution in [2.75, 3.05) is 12.8 Å². The maximum Gasteiger partial charge on any atom is 0.254 e. The zero-order valence-corrected chi connectivity index (χ0v) is 14.7. The van der Waals surface area contributed by atoms with Gasteiger partial charge in [-0.2, -0.15) is 0 Å². The molecule has 0 aliphatic heterocycles. The van der Waals surface area contributed by atoms with Crippen molar-refractivity contribution < 1.29 is 4.79 Å². The van der Waals surface area contributed by atoms with Gasteiger partial charge in [-0.15, -0.1) is 11.8 Å². The molecule has 0 radical (unpaired) electrons. The number of aromatic nitrogens is 3. The number of thioether (sulfide) groups is 1.